The molecule has 1 aromatic rings. The third-order valence-electron chi connectivity index (χ3n) is 3.00. The molecule has 2 rings (SSSR count). The molecule has 0 saturated carbocycles. The first-order valence-corrected chi connectivity index (χ1v) is 5.91. The number of ether oxygens (including phenoxy) is 1. The maximum absolute atomic E-state index is 9.07. The standard InChI is InChI=1S/C13H17N3O/c1-10-5-6-11(8-14)13(15-10)16(2)9-12-4-3-7-17-12/h5-6,12H,3-4,7,9H2,1-2H3. The predicted molar refractivity (Wildman–Crippen MR) is 65.9 cm³/mol. The van der Waals surface area contributed by atoms with Crippen LogP contribution < -0.4 is 4.90 Å². The summed E-state index contributed by atoms with van der Waals surface area (Å²) >= 11 is 0. The second-order valence-corrected chi connectivity index (χ2v) is 4.45. The molecule has 1 fully saturated rings. The number of aromatic nitrogens is 1. The Balaban J connectivity index is 2.14. The molecule has 0 aliphatic carbocycles. The highest BCUT2D eigenvalue weighted by atomic mass is 16.5. The number of aryl methyl sites for hydroxylation is 1. The average molecular weight is 231 g/mol. The molecule has 4 heteroatoms. The topological polar surface area (TPSA) is 49.2 Å². The van der Waals surface area contributed by atoms with E-state index in [-0.39, 0.29) is 6.10 Å². The maximum Gasteiger partial charge on any atom is 0.146 e. The summed E-state index contributed by atoms with van der Waals surface area (Å²) in [5, 5.41) is 9.07. The fourth-order valence-electron chi connectivity index (χ4n) is 2.10. The van der Waals surface area contributed by atoms with E-state index in [0.29, 0.717) is 5.56 Å². The zero-order valence-corrected chi connectivity index (χ0v) is 10.3. The Labute approximate surface area is 102 Å². The zero-order valence-electron chi connectivity index (χ0n) is 10.3. The molecular weight excluding hydrogens is 214 g/mol. The van der Waals surface area contributed by atoms with E-state index < -0.39 is 0 Å². The Morgan fingerprint density at radius 3 is 3.06 bits per heavy atom. The predicted octanol–water partition coefficient (Wildman–Crippen LogP) is 1.88. The summed E-state index contributed by atoms with van der Waals surface area (Å²) in [6, 6.07) is 5.87. The van der Waals surface area contributed by atoms with Gasteiger partial charge in [-0.25, -0.2) is 4.98 Å². The first-order chi connectivity index (χ1) is 8.20. The Bertz CT molecular complexity index is 433. The maximum atomic E-state index is 9.07. The molecule has 90 valence electrons. The highest BCUT2D eigenvalue weighted by Crippen LogP contribution is 2.19. The minimum atomic E-state index is 0.272. The molecule has 0 aromatic carbocycles. The van der Waals surface area contributed by atoms with Gasteiger partial charge in [0.25, 0.3) is 0 Å². The molecule has 4 nitrogen and oxygen atoms in total. The molecule has 1 aromatic heterocycles. The van der Waals surface area contributed by atoms with Gasteiger partial charge >= 0.3 is 0 Å². The first kappa shape index (κ1) is 11.9. The molecule has 1 unspecified atom stereocenters. The van der Waals surface area contributed by atoms with E-state index in [1.54, 1.807) is 0 Å². The van der Waals surface area contributed by atoms with Crippen molar-refractivity contribution in [2.24, 2.45) is 0 Å². The van der Waals surface area contributed by atoms with Crippen LogP contribution in [0.2, 0.25) is 0 Å². The summed E-state index contributed by atoms with van der Waals surface area (Å²) in [5.74, 6) is 0.753. The van der Waals surface area contributed by atoms with Gasteiger partial charge in [0.1, 0.15) is 11.9 Å². The number of nitrogens with zero attached hydrogens (tertiary/aromatic N) is 3. The number of nitriles is 1. The van der Waals surface area contributed by atoms with Crippen LogP contribution in [-0.2, 0) is 4.74 Å². The van der Waals surface area contributed by atoms with Crippen molar-refractivity contribution in [2.45, 2.75) is 25.9 Å². The fraction of sp³-hybridized carbons (Fsp3) is 0.538. The summed E-state index contributed by atoms with van der Waals surface area (Å²) in [5.41, 5.74) is 1.55. The minimum absolute atomic E-state index is 0.272. The van der Waals surface area contributed by atoms with Crippen LogP contribution in [0.1, 0.15) is 24.1 Å². The Morgan fingerprint density at radius 1 is 1.59 bits per heavy atom. The van der Waals surface area contributed by atoms with E-state index in [9.17, 15) is 0 Å². The highest BCUT2D eigenvalue weighted by Gasteiger charge is 2.19. The quantitative estimate of drug-likeness (QED) is 0.797. The van der Waals surface area contributed by atoms with Crippen LogP contribution in [0.25, 0.3) is 0 Å². The van der Waals surface area contributed by atoms with Crippen molar-refractivity contribution in [2.75, 3.05) is 25.1 Å². The SMILES string of the molecule is Cc1ccc(C#N)c(N(C)CC2CCCO2)n1. The lowest BCUT2D eigenvalue weighted by atomic mass is 10.2. The van der Waals surface area contributed by atoms with Crippen LogP contribution in [0, 0.1) is 18.3 Å². The number of likely N-dealkylation sites (N-methyl/N-ethyl adjacent to an activating group) is 1. The van der Waals surface area contributed by atoms with Crippen molar-refractivity contribution in [1.82, 2.24) is 4.98 Å². The molecule has 1 atom stereocenters. The number of rotatable bonds is 3. The van der Waals surface area contributed by atoms with Crippen molar-refractivity contribution in [3.05, 3.63) is 23.4 Å². The van der Waals surface area contributed by atoms with Gasteiger partial charge in [0, 0.05) is 25.9 Å². The van der Waals surface area contributed by atoms with Crippen molar-refractivity contribution in [3.63, 3.8) is 0 Å². The summed E-state index contributed by atoms with van der Waals surface area (Å²) in [6.45, 7) is 3.58. The Hall–Kier alpha value is -1.60. The van der Waals surface area contributed by atoms with Crippen LogP contribution in [0.4, 0.5) is 5.82 Å². The molecular formula is C13H17N3O. The molecule has 1 aliphatic rings. The van der Waals surface area contributed by atoms with Gasteiger partial charge in [0.2, 0.25) is 0 Å². The van der Waals surface area contributed by atoms with Crippen LogP contribution in [0.5, 0.6) is 0 Å². The molecule has 0 radical (unpaired) electrons. The molecule has 0 N–H and O–H groups in total. The molecule has 0 bridgehead atoms. The normalized spacial score (nSPS) is 19.0. The number of hydrogen-bond donors (Lipinski definition) is 0. The van der Waals surface area contributed by atoms with Gasteiger partial charge in [-0.3, -0.25) is 0 Å². The lowest BCUT2D eigenvalue weighted by Gasteiger charge is -2.22. The molecule has 1 saturated heterocycles. The molecule has 1 aliphatic heterocycles. The lowest BCUT2D eigenvalue weighted by Crippen LogP contribution is -2.29. The van der Waals surface area contributed by atoms with Gasteiger partial charge in [-0.1, -0.05) is 0 Å². The highest BCUT2D eigenvalue weighted by molar-refractivity contribution is 5.53. The zero-order chi connectivity index (χ0) is 12.3. The molecule has 0 spiro atoms. The van der Waals surface area contributed by atoms with E-state index >= 15 is 0 Å². The van der Waals surface area contributed by atoms with Crippen molar-refractivity contribution >= 4 is 5.82 Å². The minimum Gasteiger partial charge on any atom is -0.376 e. The number of hydrogen-bond acceptors (Lipinski definition) is 4. The van der Waals surface area contributed by atoms with E-state index in [4.69, 9.17) is 10.00 Å². The second-order valence-electron chi connectivity index (χ2n) is 4.45. The van der Waals surface area contributed by atoms with Gasteiger partial charge in [0.05, 0.1) is 11.7 Å². The van der Waals surface area contributed by atoms with E-state index in [1.165, 1.54) is 0 Å². The van der Waals surface area contributed by atoms with Gasteiger partial charge in [0.15, 0.2) is 0 Å². The second kappa shape index (κ2) is 5.15. The third kappa shape index (κ3) is 2.75. The lowest BCUT2D eigenvalue weighted by molar-refractivity contribution is 0.116. The molecule has 17 heavy (non-hydrogen) atoms. The van der Waals surface area contributed by atoms with Crippen molar-refractivity contribution < 1.29 is 4.74 Å². The van der Waals surface area contributed by atoms with Gasteiger partial charge in [-0.05, 0) is 31.9 Å². The monoisotopic (exact) mass is 231 g/mol. The van der Waals surface area contributed by atoms with E-state index in [1.807, 2.05) is 31.0 Å². The van der Waals surface area contributed by atoms with E-state index in [2.05, 4.69) is 11.1 Å². The van der Waals surface area contributed by atoms with Crippen LogP contribution in [-0.4, -0.2) is 31.3 Å². The van der Waals surface area contributed by atoms with E-state index in [0.717, 1.165) is 37.5 Å². The smallest absolute Gasteiger partial charge is 0.146 e. The van der Waals surface area contributed by atoms with Crippen LogP contribution in [0.3, 0.4) is 0 Å². The Kier molecular flexibility index (Phi) is 3.60. The van der Waals surface area contributed by atoms with Crippen LogP contribution >= 0.6 is 0 Å². The van der Waals surface area contributed by atoms with Gasteiger partial charge < -0.3 is 9.64 Å². The largest absolute Gasteiger partial charge is 0.376 e. The summed E-state index contributed by atoms with van der Waals surface area (Å²) in [7, 11) is 1.96. The Morgan fingerprint density at radius 2 is 2.41 bits per heavy atom. The summed E-state index contributed by atoms with van der Waals surface area (Å²) in [4.78, 5) is 6.45. The van der Waals surface area contributed by atoms with Gasteiger partial charge in [-0.2, -0.15) is 5.26 Å². The summed E-state index contributed by atoms with van der Waals surface area (Å²) in [6.07, 6.45) is 2.50. The van der Waals surface area contributed by atoms with Crippen LogP contribution in [0.15, 0.2) is 12.1 Å². The third-order valence-corrected chi connectivity index (χ3v) is 3.00. The molecule has 2 heterocycles. The molecule has 0 amide bonds. The fourth-order valence-corrected chi connectivity index (χ4v) is 2.10. The van der Waals surface area contributed by atoms with Crippen molar-refractivity contribution in [3.8, 4) is 6.07 Å². The first-order valence-electron chi connectivity index (χ1n) is 5.91. The number of anilines is 1. The number of pyridine rings is 1. The van der Waals surface area contributed by atoms with Gasteiger partial charge in [-0.15, -0.1) is 0 Å². The summed E-state index contributed by atoms with van der Waals surface area (Å²) < 4.78 is 5.60. The van der Waals surface area contributed by atoms with Crippen molar-refractivity contribution in [1.29, 1.82) is 5.26 Å². The average Bonchev–Trinajstić information content (AvgIpc) is 2.81.